The highest BCUT2D eigenvalue weighted by atomic mass is 16.5. The van der Waals surface area contributed by atoms with Gasteiger partial charge in [0, 0.05) is 17.7 Å². The normalized spacial score (nSPS) is 21.6. The van der Waals surface area contributed by atoms with Gasteiger partial charge in [-0.25, -0.2) is 4.79 Å². The Balaban J connectivity index is 2.03. The molecule has 0 aromatic heterocycles. The van der Waals surface area contributed by atoms with Crippen LogP contribution in [-0.2, 0) is 14.3 Å². The summed E-state index contributed by atoms with van der Waals surface area (Å²) in [5.41, 5.74) is 0.793. The van der Waals surface area contributed by atoms with Crippen molar-refractivity contribution in [1.82, 2.24) is 0 Å². The Kier molecular flexibility index (Phi) is 3.52. The molecule has 0 unspecified atom stereocenters. The van der Waals surface area contributed by atoms with E-state index in [1.54, 1.807) is 32.2 Å². The number of ketones is 1. The van der Waals surface area contributed by atoms with Crippen LogP contribution in [0.5, 0.6) is 17.2 Å². The van der Waals surface area contributed by atoms with Crippen LogP contribution in [0, 0.1) is 0 Å². The number of Topliss-reactive ketones (excluding diaryl/α,β-unsaturated/α-hetero) is 1. The molecule has 1 aliphatic carbocycles. The lowest BCUT2D eigenvalue weighted by Gasteiger charge is -2.10. The van der Waals surface area contributed by atoms with Gasteiger partial charge in [0.1, 0.15) is 22.8 Å². The highest BCUT2D eigenvalue weighted by Gasteiger charge is 2.48. The van der Waals surface area contributed by atoms with Crippen LogP contribution in [0.15, 0.2) is 23.8 Å². The summed E-state index contributed by atoms with van der Waals surface area (Å²) in [4.78, 5) is 24.2. The second-order valence-electron chi connectivity index (χ2n) is 4.97. The van der Waals surface area contributed by atoms with E-state index in [0.29, 0.717) is 17.2 Å². The van der Waals surface area contributed by atoms with E-state index in [9.17, 15) is 9.59 Å². The Morgan fingerprint density at radius 2 is 2.05 bits per heavy atom. The van der Waals surface area contributed by atoms with Gasteiger partial charge in [-0.05, 0) is 6.92 Å². The predicted octanol–water partition coefficient (Wildman–Crippen LogP) is 1.62. The number of esters is 1. The second-order valence-corrected chi connectivity index (χ2v) is 4.97. The number of hydrogen-bond acceptors (Lipinski definition) is 6. The molecular weight excluding hydrogens is 288 g/mol. The van der Waals surface area contributed by atoms with Gasteiger partial charge >= 0.3 is 5.97 Å². The molecule has 0 saturated heterocycles. The number of hydrogen-bond donors (Lipinski definition) is 0. The summed E-state index contributed by atoms with van der Waals surface area (Å²) in [5.74, 6) is 0.371. The van der Waals surface area contributed by atoms with Gasteiger partial charge in [-0.15, -0.1) is 0 Å². The van der Waals surface area contributed by atoms with E-state index in [4.69, 9.17) is 18.9 Å². The molecule has 1 heterocycles. The Labute approximate surface area is 127 Å². The van der Waals surface area contributed by atoms with E-state index in [0.717, 1.165) is 5.56 Å². The summed E-state index contributed by atoms with van der Waals surface area (Å²) in [6.45, 7) is 1.91. The molecular formula is C16H16O6. The Bertz CT molecular complexity index is 675. The molecule has 1 aromatic carbocycles. The van der Waals surface area contributed by atoms with Gasteiger partial charge in [-0.3, -0.25) is 4.79 Å². The smallest absolute Gasteiger partial charge is 0.341 e. The molecule has 0 spiro atoms. The fourth-order valence-electron chi connectivity index (χ4n) is 2.83. The van der Waals surface area contributed by atoms with Crippen LogP contribution >= 0.6 is 0 Å². The van der Waals surface area contributed by atoms with E-state index >= 15 is 0 Å². The molecule has 2 atom stereocenters. The first-order chi connectivity index (χ1) is 10.6. The number of carbonyl (C=O) groups is 2. The van der Waals surface area contributed by atoms with Crippen molar-refractivity contribution in [2.24, 2.45) is 0 Å². The maximum atomic E-state index is 12.4. The zero-order valence-electron chi connectivity index (χ0n) is 12.5. The average Bonchev–Trinajstić information content (AvgIpc) is 3.03. The zero-order chi connectivity index (χ0) is 15.9. The summed E-state index contributed by atoms with van der Waals surface area (Å²) < 4.78 is 21.2. The molecule has 1 aromatic rings. The van der Waals surface area contributed by atoms with E-state index < -0.39 is 12.1 Å². The van der Waals surface area contributed by atoms with Crippen molar-refractivity contribution in [1.29, 1.82) is 0 Å². The van der Waals surface area contributed by atoms with E-state index in [-0.39, 0.29) is 23.9 Å². The Hall–Kier alpha value is -2.50. The van der Waals surface area contributed by atoms with Gasteiger partial charge in [0.2, 0.25) is 5.78 Å². The van der Waals surface area contributed by atoms with Crippen LogP contribution in [0.25, 0.3) is 0 Å². The van der Waals surface area contributed by atoms with E-state index in [1.807, 2.05) is 0 Å². The summed E-state index contributed by atoms with van der Waals surface area (Å²) in [5, 5.41) is 0. The minimum absolute atomic E-state index is 0.0420. The molecule has 6 nitrogen and oxygen atoms in total. The van der Waals surface area contributed by atoms with Crippen molar-refractivity contribution in [2.45, 2.75) is 18.9 Å². The minimum Gasteiger partial charge on any atom is -0.496 e. The van der Waals surface area contributed by atoms with Crippen LogP contribution < -0.4 is 14.2 Å². The number of benzene rings is 1. The SMILES string of the molecule is CCOC(=O)C1=C[C@H]2c3c(OC)cc(OC)cc3O[C@H]2C1=O. The molecule has 22 heavy (non-hydrogen) atoms. The first-order valence-corrected chi connectivity index (χ1v) is 6.96. The molecule has 6 heteroatoms. The van der Waals surface area contributed by atoms with E-state index in [2.05, 4.69) is 0 Å². The van der Waals surface area contributed by atoms with E-state index in [1.165, 1.54) is 7.11 Å². The van der Waals surface area contributed by atoms with Crippen molar-refractivity contribution in [3.05, 3.63) is 29.3 Å². The fourth-order valence-corrected chi connectivity index (χ4v) is 2.83. The maximum Gasteiger partial charge on any atom is 0.341 e. The number of methoxy groups -OCH3 is 2. The summed E-state index contributed by atoms with van der Waals surface area (Å²) in [7, 11) is 3.08. The molecule has 116 valence electrons. The topological polar surface area (TPSA) is 71.1 Å². The fraction of sp³-hybridized carbons (Fsp3) is 0.375. The third kappa shape index (κ3) is 2.03. The summed E-state index contributed by atoms with van der Waals surface area (Å²) >= 11 is 0. The van der Waals surface area contributed by atoms with Crippen LogP contribution in [0.4, 0.5) is 0 Å². The largest absolute Gasteiger partial charge is 0.496 e. The third-order valence-electron chi connectivity index (χ3n) is 3.81. The summed E-state index contributed by atoms with van der Waals surface area (Å²) in [6, 6.07) is 3.44. The third-order valence-corrected chi connectivity index (χ3v) is 3.81. The van der Waals surface area contributed by atoms with Gasteiger partial charge in [0.25, 0.3) is 0 Å². The number of rotatable bonds is 4. The van der Waals surface area contributed by atoms with Crippen LogP contribution in [-0.4, -0.2) is 38.7 Å². The lowest BCUT2D eigenvalue weighted by Crippen LogP contribution is -2.26. The van der Waals surface area contributed by atoms with Crippen LogP contribution in [0.2, 0.25) is 0 Å². The monoisotopic (exact) mass is 304 g/mol. The van der Waals surface area contributed by atoms with Crippen molar-refractivity contribution >= 4 is 11.8 Å². The zero-order valence-corrected chi connectivity index (χ0v) is 12.5. The van der Waals surface area contributed by atoms with Gasteiger partial charge in [0.15, 0.2) is 6.10 Å². The second kappa shape index (κ2) is 5.36. The lowest BCUT2D eigenvalue weighted by molar-refractivity contribution is -0.140. The standard InChI is InChI=1S/C16H16O6/c1-4-21-16(18)10-7-9-13-11(20-3)5-8(19-2)6-12(13)22-15(9)14(10)17/h5-7,9,15H,4H2,1-3H3/t9-,15+/m0/s1. The van der Waals surface area contributed by atoms with Gasteiger partial charge in [-0.2, -0.15) is 0 Å². The first-order valence-electron chi connectivity index (χ1n) is 6.96. The van der Waals surface area contributed by atoms with Crippen molar-refractivity contribution in [3.8, 4) is 17.2 Å². The Morgan fingerprint density at radius 1 is 1.27 bits per heavy atom. The molecule has 1 aliphatic heterocycles. The van der Waals surface area contributed by atoms with Crippen molar-refractivity contribution in [3.63, 3.8) is 0 Å². The first kappa shape index (κ1) is 14.4. The number of fused-ring (bicyclic) bond motifs is 3. The quantitative estimate of drug-likeness (QED) is 0.622. The summed E-state index contributed by atoms with van der Waals surface area (Å²) in [6.07, 6.45) is 0.863. The van der Waals surface area contributed by atoms with Crippen LogP contribution in [0.3, 0.4) is 0 Å². The average molecular weight is 304 g/mol. The molecule has 0 saturated carbocycles. The molecule has 0 amide bonds. The highest BCUT2D eigenvalue weighted by Crippen LogP contribution is 2.50. The lowest BCUT2D eigenvalue weighted by atomic mass is 9.97. The molecule has 0 fully saturated rings. The van der Waals surface area contributed by atoms with Crippen molar-refractivity contribution < 1.29 is 28.5 Å². The molecule has 2 aliphatic rings. The minimum atomic E-state index is -0.740. The van der Waals surface area contributed by atoms with Crippen molar-refractivity contribution in [2.75, 3.05) is 20.8 Å². The molecule has 3 rings (SSSR count). The van der Waals surface area contributed by atoms with Gasteiger partial charge in [-0.1, -0.05) is 6.08 Å². The van der Waals surface area contributed by atoms with Crippen LogP contribution in [0.1, 0.15) is 18.4 Å². The molecule has 0 N–H and O–H groups in total. The van der Waals surface area contributed by atoms with Gasteiger partial charge < -0.3 is 18.9 Å². The predicted molar refractivity (Wildman–Crippen MR) is 76.4 cm³/mol. The molecule has 0 bridgehead atoms. The Morgan fingerprint density at radius 3 is 2.68 bits per heavy atom. The number of ether oxygens (including phenoxy) is 4. The molecule has 0 radical (unpaired) electrons. The highest BCUT2D eigenvalue weighted by molar-refractivity contribution is 6.21. The maximum absolute atomic E-state index is 12.4. The number of carbonyl (C=O) groups excluding carboxylic acids is 2. The van der Waals surface area contributed by atoms with Gasteiger partial charge in [0.05, 0.1) is 26.7 Å².